The van der Waals surface area contributed by atoms with Crippen LogP contribution >= 0.6 is 11.6 Å². The molecule has 6 heteroatoms. The molecular weight excluding hydrogens is 376 g/mol. The Morgan fingerprint density at radius 2 is 1.79 bits per heavy atom. The number of rotatable bonds is 10. The first-order chi connectivity index (χ1) is 13.5. The summed E-state index contributed by atoms with van der Waals surface area (Å²) in [5, 5.41) is 3.39. The number of halogens is 1. The lowest BCUT2D eigenvalue weighted by Gasteiger charge is -2.30. The largest absolute Gasteiger partial charge is 0.493 e. The van der Waals surface area contributed by atoms with Crippen molar-refractivity contribution in [2.75, 3.05) is 33.9 Å². The van der Waals surface area contributed by atoms with E-state index in [0.29, 0.717) is 28.6 Å². The maximum absolute atomic E-state index is 12.7. The summed E-state index contributed by atoms with van der Waals surface area (Å²) in [5.74, 6) is 0.670. The van der Waals surface area contributed by atoms with Crippen LogP contribution in [0.5, 0.6) is 11.5 Å². The highest BCUT2D eigenvalue weighted by molar-refractivity contribution is 6.32. The van der Waals surface area contributed by atoms with Gasteiger partial charge in [-0.05, 0) is 37.2 Å². The molecule has 0 heterocycles. The van der Waals surface area contributed by atoms with E-state index < -0.39 is 0 Å². The van der Waals surface area contributed by atoms with Gasteiger partial charge in [-0.3, -0.25) is 9.69 Å². The van der Waals surface area contributed by atoms with E-state index in [9.17, 15) is 4.79 Å². The number of benzene rings is 2. The molecule has 0 aromatic heterocycles. The average Bonchev–Trinajstić information content (AvgIpc) is 2.72. The van der Waals surface area contributed by atoms with Gasteiger partial charge in [0.2, 0.25) is 0 Å². The molecule has 1 N–H and O–H groups in total. The van der Waals surface area contributed by atoms with Crippen molar-refractivity contribution < 1.29 is 14.3 Å². The normalized spacial score (nSPS) is 11.9. The Balaban J connectivity index is 2.13. The lowest BCUT2D eigenvalue weighted by Crippen LogP contribution is -2.45. The minimum Gasteiger partial charge on any atom is -0.493 e. The fourth-order valence-electron chi connectivity index (χ4n) is 3.32. The van der Waals surface area contributed by atoms with Crippen LogP contribution in [0.25, 0.3) is 0 Å². The van der Waals surface area contributed by atoms with Gasteiger partial charge in [0.15, 0.2) is 11.5 Å². The summed E-state index contributed by atoms with van der Waals surface area (Å²) in [6, 6.07) is 13.8. The van der Waals surface area contributed by atoms with E-state index in [2.05, 4.69) is 36.2 Å². The van der Waals surface area contributed by atoms with Gasteiger partial charge in [-0.2, -0.15) is 0 Å². The zero-order chi connectivity index (χ0) is 20.5. The van der Waals surface area contributed by atoms with Gasteiger partial charge in [0, 0.05) is 18.2 Å². The highest BCUT2D eigenvalue weighted by Gasteiger charge is 2.19. The highest BCUT2D eigenvalue weighted by atomic mass is 35.5. The van der Waals surface area contributed by atoms with Crippen LogP contribution < -0.4 is 14.8 Å². The second kappa shape index (κ2) is 10.9. The van der Waals surface area contributed by atoms with Crippen molar-refractivity contribution in [1.29, 1.82) is 0 Å². The summed E-state index contributed by atoms with van der Waals surface area (Å²) in [6.07, 6.45) is 0.871. The summed E-state index contributed by atoms with van der Waals surface area (Å²) >= 11 is 6.23. The van der Waals surface area contributed by atoms with Crippen molar-refractivity contribution in [2.45, 2.75) is 26.3 Å². The summed E-state index contributed by atoms with van der Waals surface area (Å²) in [7, 11) is 3.04. The molecule has 5 nitrogen and oxygen atoms in total. The highest BCUT2D eigenvalue weighted by Crippen LogP contribution is 2.35. The zero-order valence-corrected chi connectivity index (χ0v) is 17.8. The number of hydrogen-bond acceptors (Lipinski definition) is 4. The number of amides is 1. The van der Waals surface area contributed by atoms with Gasteiger partial charge < -0.3 is 14.8 Å². The Morgan fingerprint density at radius 1 is 1.11 bits per heavy atom. The smallest absolute Gasteiger partial charge is 0.251 e. The van der Waals surface area contributed by atoms with Gasteiger partial charge in [0.1, 0.15) is 0 Å². The Labute approximate surface area is 172 Å². The standard InChI is InChI=1S/C22H29ClN2O3/c1-5-25(6-2)18(12-16-10-8-7-9-11-16)15-24-22(26)17-13-19(23)21(28-4)20(14-17)27-3/h7-11,13-14,18H,5-6,12,15H2,1-4H3,(H,24,26). The number of nitrogens with one attached hydrogen (secondary N) is 1. The monoisotopic (exact) mass is 404 g/mol. The molecule has 0 bridgehead atoms. The topological polar surface area (TPSA) is 50.8 Å². The van der Waals surface area contributed by atoms with E-state index in [0.717, 1.165) is 19.5 Å². The minimum atomic E-state index is -0.187. The molecule has 1 unspecified atom stereocenters. The first-order valence-electron chi connectivity index (χ1n) is 9.51. The number of nitrogens with zero attached hydrogens (tertiary/aromatic N) is 1. The predicted octanol–water partition coefficient (Wildman–Crippen LogP) is 4.04. The third kappa shape index (κ3) is 5.63. The van der Waals surface area contributed by atoms with Crippen molar-refractivity contribution in [1.82, 2.24) is 10.2 Å². The molecule has 2 aromatic carbocycles. The van der Waals surface area contributed by atoms with Gasteiger partial charge in [-0.25, -0.2) is 0 Å². The Morgan fingerprint density at radius 3 is 2.36 bits per heavy atom. The van der Waals surface area contributed by atoms with Gasteiger partial charge in [0.05, 0.1) is 19.2 Å². The van der Waals surface area contributed by atoms with Crippen molar-refractivity contribution in [3.05, 3.63) is 58.6 Å². The summed E-state index contributed by atoms with van der Waals surface area (Å²) in [6.45, 7) is 6.66. The fourth-order valence-corrected chi connectivity index (χ4v) is 3.61. The second-order valence-electron chi connectivity index (χ2n) is 6.47. The quantitative estimate of drug-likeness (QED) is 0.649. The van der Waals surface area contributed by atoms with Crippen LogP contribution in [-0.4, -0.2) is 50.7 Å². The molecule has 0 aliphatic heterocycles. The average molecular weight is 405 g/mol. The number of hydrogen-bond donors (Lipinski definition) is 1. The predicted molar refractivity (Wildman–Crippen MR) is 114 cm³/mol. The van der Waals surface area contributed by atoms with Gasteiger partial charge in [-0.1, -0.05) is 55.8 Å². The third-order valence-electron chi connectivity index (χ3n) is 4.84. The maximum atomic E-state index is 12.7. The Hall–Kier alpha value is -2.24. The summed E-state index contributed by atoms with van der Waals surface area (Å²) in [5.41, 5.74) is 1.70. The van der Waals surface area contributed by atoms with Crippen molar-refractivity contribution in [3.63, 3.8) is 0 Å². The Kier molecular flexibility index (Phi) is 8.61. The van der Waals surface area contributed by atoms with Crippen LogP contribution in [0.2, 0.25) is 5.02 Å². The van der Waals surface area contributed by atoms with Crippen LogP contribution in [0, 0.1) is 0 Å². The molecule has 2 rings (SSSR count). The van der Waals surface area contributed by atoms with E-state index >= 15 is 0 Å². The molecule has 0 fully saturated rings. The van der Waals surface area contributed by atoms with Gasteiger partial charge >= 0.3 is 0 Å². The van der Waals surface area contributed by atoms with Crippen molar-refractivity contribution in [2.24, 2.45) is 0 Å². The second-order valence-corrected chi connectivity index (χ2v) is 6.88. The number of likely N-dealkylation sites (N-methyl/N-ethyl adjacent to an activating group) is 1. The molecule has 0 radical (unpaired) electrons. The minimum absolute atomic E-state index is 0.187. The third-order valence-corrected chi connectivity index (χ3v) is 5.12. The summed E-state index contributed by atoms with van der Waals surface area (Å²) < 4.78 is 10.5. The molecule has 0 spiro atoms. The van der Waals surface area contributed by atoms with Crippen LogP contribution in [0.4, 0.5) is 0 Å². The van der Waals surface area contributed by atoms with E-state index in [4.69, 9.17) is 21.1 Å². The lowest BCUT2D eigenvalue weighted by molar-refractivity contribution is 0.0934. The van der Waals surface area contributed by atoms with Crippen LogP contribution in [0.1, 0.15) is 29.8 Å². The molecule has 0 aliphatic carbocycles. The van der Waals surface area contributed by atoms with Crippen LogP contribution in [-0.2, 0) is 6.42 Å². The maximum Gasteiger partial charge on any atom is 0.251 e. The van der Waals surface area contributed by atoms with E-state index in [1.165, 1.54) is 19.8 Å². The van der Waals surface area contributed by atoms with E-state index in [1.54, 1.807) is 12.1 Å². The van der Waals surface area contributed by atoms with Crippen molar-refractivity contribution >= 4 is 17.5 Å². The number of methoxy groups -OCH3 is 2. The van der Waals surface area contributed by atoms with E-state index in [-0.39, 0.29) is 11.9 Å². The number of carbonyl (C=O) groups is 1. The summed E-state index contributed by atoms with van der Waals surface area (Å²) in [4.78, 5) is 15.1. The Bertz CT molecular complexity index is 764. The molecule has 1 atom stereocenters. The fraction of sp³-hybridized carbons (Fsp3) is 0.409. The first-order valence-corrected chi connectivity index (χ1v) is 9.89. The van der Waals surface area contributed by atoms with Gasteiger partial charge in [0.25, 0.3) is 5.91 Å². The molecular formula is C22H29ClN2O3. The molecule has 28 heavy (non-hydrogen) atoms. The number of carbonyl (C=O) groups excluding carboxylic acids is 1. The first kappa shape index (κ1) is 22.1. The van der Waals surface area contributed by atoms with Gasteiger partial charge in [-0.15, -0.1) is 0 Å². The van der Waals surface area contributed by atoms with Crippen LogP contribution in [0.15, 0.2) is 42.5 Å². The SMILES string of the molecule is CCN(CC)C(CNC(=O)c1cc(Cl)c(OC)c(OC)c1)Cc1ccccc1. The lowest BCUT2D eigenvalue weighted by atomic mass is 10.0. The molecule has 0 saturated heterocycles. The molecule has 0 saturated carbocycles. The van der Waals surface area contributed by atoms with Crippen LogP contribution in [0.3, 0.4) is 0 Å². The molecule has 152 valence electrons. The van der Waals surface area contributed by atoms with Crippen molar-refractivity contribution in [3.8, 4) is 11.5 Å². The molecule has 0 aliphatic rings. The molecule has 2 aromatic rings. The number of ether oxygens (including phenoxy) is 2. The molecule has 1 amide bonds. The van der Waals surface area contributed by atoms with E-state index in [1.807, 2.05) is 18.2 Å². The zero-order valence-electron chi connectivity index (χ0n) is 17.0.